The van der Waals surface area contributed by atoms with E-state index in [4.69, 9.17) is 0 Å². The molecule has 6 nitrogen and oxygen atoms in total. The molecular formula is C4H4Cl2O6. The summed E-state index contributed by atoms with van der Waals surface area (Å²) in [6.45, 7) is 0. The third kappa shape index (κ3) is 6.17. The summed E-state index contributed by atoms with van der Waals surface area (Å²) in [7, 11) is 0. The first-order valence-electron chi connectivity index (χ1n) is 2.64. The summed E-state index contributed by atoms with van der Waals surface area (Å²) < 4.78 is 26.8. The Balaban J connectivity index is 3.40. The standard InChI is InChI=1S/C4H4Cl2O6/c7-3(11-5-9)1-2-4(8)12-6-10/h1-2H2. The number of rotatable bonds is 5. The Morgan fingerprint density at radius 2 is 1.33 bits per heavy atom. The normalized spacial score (nSPS) is 9.17. The van der Waals surface area contributed by atoms with Gasteiger partial charge in [0.1, 0.15) is 0 Å². The molecular weight excluding hydrogens is 215 g/mol. The molecule has 0 aromatic carbocycles. The smallest absolute Gasteiger partial charge is 0.396 e. The third-order valence-corrected chi connectivity index (χ3v) is 1.24. The molecule has 0 rings (SSSR count). The van der Waals surface area contributed by atoms with Crippen LogP contribution in [0.3, 0.4) is 0 Å². The van der Waals surface area contributed by atoms with Crippen molar-refractivity contribution in [2.45, 2.75) is 12.8 Å². The molecule has 0 saturated carbocycles. The molecule has 0 heterocycles. The zero-order valence-electron chi connectivity index (χ0n) is 5.62. The Hall–Kier alpha value is -0.560. The third-order valence-electron chi connectivity index (χ3n) is 0.768. The van der Waals surface area contributed by atoms with Crippen LogP contribution in [0.5, 0.6) is 0 Å². The molecule has 0 saturated heterocycles. The van der Waals surface area contributed by atoms with Crippen molar-refractivity contribution in [2.24, 2.45) is 0 Å². The van der Waals surface area contributed by atoms with Crippen LogP contribution in [0.15, 0.2) is 0 Å². The summed E-state index contributed by atoms with van der Waals surface area (Å²) in [5.74, 6) is -1.70. The van der Waals surface area contributed by atoms with Crippen molar-refractivity contribution in [3.63, 3.8) is 0 Å². The fraction of sp³-hybridized carbons (Fsp3) is 0.500. The predicted molar refractivity (Wildman–Crippen MR) is 21.4 cm³/mol. The fourth-order valence-corrected chi connectivity index (χ4v) is 0.646. The number of hydrogen-bond acceptors (Lipinski definition) is 6. The molecule has 0 aliphatic heterocycles. The van der Waals surface area contributed by atoms with Gasteiger partial charge in [-0.2, -0.15) is 8.58 Å². The zero-order chi connectivity index (χ0) is 9.40. The van der Waals surface area contributed by atoms with Crippen LogP contribution in [0.4, 0.5) is 0 Å². The van der Waals surface area contributed by atoms with Crippen LogP contribution in [-0.2, 0) is 18.2 Å². The van der Waals surface area contributed by atoms with Crippen molar-refractivity contribution in [1.82, 2.24) is 0 Å². The molecule has 0 amide bonds. The lowest BCUT2D eigenvalue weighted by molar-refractivity contribution is -1.26. The van der Waals surface area contributed by atoms with E-state index in [9.17, 15) is 18.9 Å². The Bertz CT molecular complexity index is 142. The van der Waals surface area contributed by atoms with Crippen molar-refractivity contribution in [3.05, 3.63) is 0 Å². The van der Waals surface area contributed by atoms with E-state index in [-0.39, 0.29) is 35.5 Å². The molecule has 0 aromatic heterocycles. The predicted octanol–water partition coefficient (Wildman–Crippen LogP) is -2.60. The minimum Gasteiger partial charge on any atom is -0.495 e. The molecule has 12 heavy (non-hydrogen) atoms. The highest BCUT2D eigenvalue weighted by Gasteiger charge is 2.15. The summed E-state index contributed by atoms with van der Waals surface area (Å²) in [5, 5.41) is 0. The molecule has 70 valence electrons. The molecule has 0 radical (unpaired) electrons. The lowest BCUT2D eigenvalue weighted by atomic mass is 10.3. The van der Waals surface area contributed by atoms with Gasteiger partial charge in [-0.05, 0) is 0 Å². The van der Waals surface area contributed by atoms with Crippen LogP contribution < -0.4 is 9.32 Å². The number of carbonyl (C=O) groups is 2. The van der Waals surface area contributed by atoms with Crippen LogP contribution in [-0.4, -0.2) is 11.9 Å². The van der Waals surface area contributed by atoms with E-state index < -0.39 is 11.9 Å². The maximum atomic E-state index is 10.4. The number of halogens is 2. The Labute approximate surface area is 75.6 Å². The van der Waals surface area contributed by atoms with E-state index in [0.29, 0.717) is 0 Å². The largest absolute Gasteiger partial charge is 0.495 e. The highest BCUT2D eigenvalue weighted by atomic mass is 35.6. The van der Waals surface area contributed by atoms with Crippen LogP contribution in [0.1, 0.15) is 12.8 Å². The quantitative estimate of drug-likeness (QED) is 0.502. The lowest BCUT2D eigenvalue weighted by Crippen LogP contribution is -2.15. The SMILES string of the molecule is O=C(CCC(=O)O[Cl+][O-])O[Cl+][O-]. The summed E-state index contributed by atoms with van der Waals surface area (Å²) in [6.07, 6.45) is -0.584. The Kier molecular flexibility index (Phi) is 6.78. The molecule has 0 aliphatic rings. The summed E-state index contributed by atoms with van der Waals surface area (Å²) in [4.78, 5) is 20.8. The molecule has 0 bridgehead atoms. The maximum Gasteiger partial charge on any atom is 0.396 e. The average Bonchev–Trinajstić information content (AvgIpc) is 2.02. The van der Waals surface area contributed by atoms with Crippen LogP contribution in [0, 0.1) is 22.7 Å². The lowest BCUT2D eigenvalue weighted by Gasteiger charge is -1.89. The van der Waals surface area contributed by atoms with Crippen molar-refractivity contribution in [3.8, 4) is 0 Å². The summed E-state index contributed by atoms with van der Waals surface area (Å²) in [6, 6.07) is 0. The van der Waals surface area contributed by atoms with Gasteiger partial charge in [-0.25, -0.2) is 9.59 Å². The van der Waals surface area contributed by atoms with Gasteiger partial charge in [0.25, 0.3) is 0 Å². The topological polar surface area (TPSA) is 98.7 Å². The van der Waals surface area contributed by atoms with Gasteiger partial charge >= 0.3 is 34.6 Å². The van der Waals surface area contributed by atoms with Crippen molar-refractivity contribution in [2.75, 3.05) is 0 Å². The van der Waals surface area contributed by atoms with Crippen molar-refractivity contribution < 1.29 is 50.1 Å². The summed E-state index contributed by atoms with van der Waals surface area (Å²) >= 11 is 0.138. The van der Waals surface area contributed by atoms with E-state index in [0.717, 1.165) is 0 Å². The molecule has 0 atom stereocenters. The van der Waals surface area contributed by atoms with Gasteiger partial charge in [0.05, 0.1) is 12.8 Å². The molecule has 0 unspecified atom stereocenters. The maximum absolute atomic E-state index is 10.4. The second kappa shape index (κ2) is 7.11. The van der Waals surface area contributed by atoms with Gasteiger partial charge in [-0.15, -0.1) is 0 Å². The summed E-state index contributed by atoms with van der Waals surface area (Å²) in [5.41, 5.74) is 0. The van der Waals surface area contributed by atoms with Gasteiger partial charge in [0.15, 0.2) is 0 Å². The van der Waals surface area contributed by atoms with Crippen LogP contribution in [0.25, 0.3) is 0 Å². The molecule has 0 fully saturated rings. The second-order valence-electron chi connectivity index (χ2n) is 1.52. The second-order valence-corrected chi connectivity index (χ2v) is 2.08. The molecule has 0 aromatic rings. The average molecular weight is 219 g/mol. The van der Waals surface area contributed by atoms with E-state index in [1.54, 1.807) is 0 Å². The van der Waals surface area contributed by atoms with E-state index in [1.807, 2.05) is 0 Å². The van der Waals surface area contributed by atoms with E-state index in [1.165, 1.54) is 0 Å². The van der Waals surface area contributed by atoms with Gasteiger partial charge in [0, 0.05) is 0 Å². The first-order valence-corrected chi connectivity index (χ1v) is 3.88. The minimum atomic E-state index is -0.848. The van der Waals surface area contributed by atoms with Crippen LogP contribution >= 0.6 is 0 Å². The molecule has 0 aliphatic carbocycles. The molecule has 0 spiro atoms. The van der Waals surface area contributed by atoms with E-state index in [2.05, 4.69) is 8.58 Å². The van der Waals surface area contributed by atoms with Crippen molar-refractivity contribution >= 4 is 11.9 Å². The van der Waals surface area contributed by atoms with Gasteiger partial charge in [-0.1, -0.05) is 0 Å². The van der Waals surface area contributed by atoms with Gasteiger partial charge in [-0.3, -0.25) is 0 Å². The first-order chi connectivity index (χ1) is 5.70. The number of carbonyl (C=O) groups excluding carboxylic acids is 2. The number of hydrogen-bond donors (Lipinski definition) is 0. The van der Waals surface area contributed by atoms with Gasteiger partial charge in [0.2, 0.25) is 0 Å². The Morgan fingerprint density at radius 3 is 1.58 bits per heavy atom. The van der Waals surface area contributed by atoms with Crippen molar-refractivity contribution in [1.29, 1.82) is 0 Å². The molecule has 8 heteroatoms. The van der Waals surface area contributed by atoms with Gasteiger partial charge < -0.3 is 9.32 Å². The highest BCUT2D eigenvalue weighted by Crippen LogP contribution is 1.94. The monoisotopic (exact) mass is 218 g/mol. The highest BCUT2D eigenvalue weighted by molar-refractivity contribution is 5.76. The minimum absolute atomic E-state index is 0.0688. The fourth-order valence-electron chi connectivity index (χ4n) is 0.352. The van der Waals surface area contributed by atoms with E-state index >= 15 is 0 Å². The Morgan fingerprint density at radius 1 is 1.00 bits per heavy atom. The first kappa shape index (κ1) is 11.4. The zero-order valence-corrected chi connectivity index (χ0v) is 7.13. The molecule has 0 N–H and O–H groups in total. The van der Waals surface area contributed by atoms with Crippen LogP contribution in [0.2, 0.25) is 0 Å².